The van der Waals surface area contributed by atoms with Gasteiger partial charge in [0.25, 0.3) is 17.7 Å². The van der Waals surface area contributed by atoms with Gasteiger partial charge in [-0.1, -0.05) is 194 Å². The molecule has 10 atom stereocenters. The van der Waals surface area contributed by atoms with E-state index in [9.17, 15) is 63.7 Å². The number of hydrogen-bond acceptors (Lipinski definition) is 15. The second-order valence-electron chi connectivity index (χ2n) is 36.3. The Morgan fingerprint density at radius 2 is 0.881 bits per heavy atom. The molecular weight excluding hydrogens is 1530 g/mol. The molecule has 3 fully saturated rings. The van der Waals surface area contributed by atoms with Crippen LogP contribution < -0.4 is 16.0 Å². The van der Waals surface area contributed by atoms with Gasteiger partial charge in [0.1, 0.15) is 36.3 Å². The fourth-order valence-corrected chi connectivity index (χ4v) is 18.4. The number of aryl methyl sites for hydroxylation is 1. The lowest BCUT2D eigenvalue weighted by molar-refractivity contribution is -0.143. The molecule has 7 heterocycles. The third kappa shape index (κ3) is 19.2. The number of amides is 9. The first kappa shape index (κ1) is 88.6. The maximum absolute atomic E-state index is 14.1. The number of rotatable bonds is 19. The zero-order valence-corrected chi connectivity index (χ0v) is 72.4. The summed E-state index contributed by atoms with van der Waals surface area (Å²) in [5.74, 6) is -3.00. The summed E-state index contributed by atoms with van der Waals surface area (Å²) in [4.78, 5) is 137. The molecule has 6 N–H and O–H groups in total. The van der Waals surface area contributed by atoms with Crippen LogP contribution >= 0.6 is 22.9 Å². The number of aliphatic hydroxyl groups excluding tert-OH is 3. The third-order valence-electron chi connectivity index (χ3n) is 23.3. The Balaban J connectivity index is 0.000000174. The number of nitrogens with zero attached hydrogens (tertiary/aromatic N) is 8. The Hall–Kier alpha value is -10.2. The second kappa shape index (κ2) is 36.2. The lowest BCUT2D eigenvalue weighted by Crippen LogP contribution is -2.55. The third-order valence-corrected chi connectivity index (χ3v) is 24.5. The molecule has 6 aromatic carbocycles. The molecule has 6 aliphatic rings. The van der Waals surface area contributed by atoms with Crippen LogP contribution in [0.1, 0.15) is 228 Å². The minimum Gasteiger partial charge on any atom is -0.391 e. The molecule has 6 aliphatic heterocycles. The highest BCUT2D eigenvalue weighted by molar-refractivity contribution is 7.13. The van der Waals surface area contributed by atoms with Crippen LogP contribution in [-0.2, 0) is 77.7 Å². The monoisotopic (exact) mass is 1640 g/mol. The molecule has 9 amide bonds. The number of carbonyl (C=O) groups excluding carboxylic acids is 9. The Labute approximate surface area is 702 Å². The molecule has 1 aromatic heterocycles. The van der Waals surface area contributed by atoms with Crippen LogP contribution in [-0.4, -0.2) is 177 Å². The van der Waals surface area contributed by atoms with Gasteiger partial charge in [0, 0.05) is 93.3 Å². The van der Waals surface area contributed by atoms with E-state index in [0.717, 1.165) is 66.2 Å². The van der Waals surface area contributed by atoms with Gasteiger partial charge in [-0.15, -0.1) is 11.3 Å². The summed E-state index contributed by atoms with van der Waals surface area (Å²) in [7, 11) is 0. The normalized spacial score (nSPS) is 20.1. The second-order valence-corrected chi connectivity index (χ2v) is 37.6. The lowest BCUT2D eigenvalue weighted by atomic mass is 9.81. The summed E-state index contributed by atoms with van der Waals surface area (Å²) >= 11 is 7.83. The molecule has 7 aromatic rings. The lowest BCUT2D eigenvalue weighted by Gasteiger charge is -2.35. The number of thiazole rings is 1. The van der Waals surface area contributed by atoms with Crippen molar-refractivity contribution in [3.63, 3.8) is 0 Å². The van der Waals surface area contributed by atoms with E-state index in [0.29, 0.717) is 46.9 Å². The topological polar surface area (TPSA) is 307 Å². The van der Waals surface area contributed by atoms with Crippen LogP contribution in [0, 0.1) is 36.0 Å². The predicted octanol–water partition coefficient (Wildman–Crippen LogP) is 12.2. The van der Waals surface area contributed by atoms with Gasteiger partial charge in [-0.3, -0.25) is 43.2 Å². The number of aromatic nitrogens is 1. The molecule has 23 nitrogen and oxygen atoms in total. The van der Waals surface area contributed by atoms with Crippen LogP contribution in [0.4, 0.5) is 0 Å². The van der Waals surface area contributed by atoms with Crippen LogP contribution in [0.3, 0.4) is 0 Å². The fourth-order valence-electron chi connectivity index (χ4n) is 17.5. The summed E-state index contributed by atoms with van der Waals surface area (Å²) in [6, 6.07) is 36.6. The first-order chi connectivity index (χ1) is 55.6. The zero-order chi connectivity index (χ0) is 86.1. The Morgan fingerprint density at radius 1 is 0.508 bits per heavy atom. The number of carbonyl (C=O) groups is 9. The number of nitriles is 1. The molecule has 626 valence electrons. The minimum absolute atomic E-state index is 0.0409. The molecule has 0 radical (unpaired) electrons. The SMILES string of the molecule is CC(C)C(C(=O)N1CC(O)CC1C(=O)NCc1ccc(C#N)cc1C(C)(C)C)N1Cc2ccccc2C1=O.CC(C)C(C(=O)N1CC(O)CC1C(=O)NCc1ccc(Cl)cc1C(C)(C)C)N1Cc2ccccc2C1=O.Cc1ncsc1-c1ccc(C(C)NC(=O)C2CC(O)CN2C(=O)C(C(C)C)N2Cc3ccccc3C2=O)c(C(C)(C)C)c1. The number of fused-ring (bicyclic) bond motifs is 3. The molecule has 13 rings (SSSR count). The van der Waals surface area contributed by atoms with E-state index >= 15 is 0 Å². The van der Waals surface area contributed by atoms with E-state index in [1.54, 1.807) is 56.4 Å². The first-order valence-corrected chi connectivity index (χ1v) is 42.2. The fraction of sp³-hybridized carbons (Fsp3) is 0.473. The van der Waals surface area contributed by atoms with Crippen molar-refractivity contribution in [3.8, 4) is 16.5 Å². The van der Waals surface area contributed by atoms with Gasteiger partial charge in [0.2, 0.25) is 35.4 Å². The van der Waals surface area contributed by atoms with E-state index < -0.39 is 54.6 Å². The molecule has 0 bridgehead atoms. The average Bonchev–Trinajstić information content (AvgIpc) is 1.33. The van der Waals surface area contributed by atoms with Crippen LogP contribution in [0.15, 0.2) is 133 Å². The van der Waals surface area contributed by atoms with Gasteiger partial charge in [-0.05, 0) is 152 Å². The summed E-state index contributed by atoms with van der Waals surface area (Å²) in [6.07, 6.45) is -2.01. The molecular formula is C93H114ClN11O12S. The highest BCUT2D eigenvalue weighted by Crippen LogP contribution is 2.40. The molecule has 10 unspecified atom stereocenters. The maximum Gasteiger partial charge on any atom is 0.255 e. The van der Waals surface area contributed by atoms with Crippen molar-refractivity contribution in [2.75, 3.05) is 19.6 Å². The summed E-state index contributed by atoms with van der Waals surface area (Å²) in [6.45, 7) is 35.9. The number of halogens is 1. The quantitative estimate of drug-likeness (QED) is 0.0439. The van der Waals surface area contributed by atoms with E-state index in [1.807, 2.05) is 161 Å². The molecule has 0 spiro atoms. The summed E-state index contributed by atoms with van der Waals surface area (Å²) in [5.41, 5.74) is 14.3. The van der Waals surface area contributed by atoms with Crippen molar-refractivity contribution in [2.45, 2.75) is 247 Å². The van der Waals surface area contributed by atoms with Gasteiger partial charge in [0.15, 0.2) is 0 Å². The highest BCUT2D eigenvalue weighted by Gasteiger charge is 2.50. The van der Waals surface area contributed by atoms with Crippen molar-refractivity contribution in [3.05, 3.63) is 216 Å². The Morgan fingerprint density at radius 3 is 1.24 bits per heavy atom. The number of likely N-dealkylation sites (tertiary alicyclic amines) is 3. The average molecular weight is 1650 g/mol. The van der Waals surface area contributed by atoms with E-state index in [-0.39, 0.29) is 145 Å². The van der Waals surface area contributed by atoms with Crippen LogP contribution in [0.25, 0.3) is 10.4 Å². The summed E-state index contributed by atoms with van der Waals surface area (Å²) < 4.78 is 0. The van der Waals surface area contributed by atoms with Gasteiger partial charge >= 0.3 is 0 Å². The van der Waals surface area contributed by atoms with E-state index in [4.69, 9.17) is 11.6 Å². The van der Waals surface area contributed by atoms with Crippen molar-refractivity contribution in [1.82, 2.24) is 50.3 Å². The van der Waals surface area contributed by atoms with Gasteiger partial charge in [-0.25, -0.2) is 4.98 Å². The van der Waals surface area contributed by atoms with Gasteiger partial charge in [0.05, 0.1) is 52.1 Å². The molecule has 25 heteroatoms. The van der Waals surface area contributed by atoms with Crippen molar-refractivity contribution < 1.29 is 58.5 Å². The zero-order valence-electron chi connectivity index (χ0n) is 70.9. The van der Waals surface area contributed by atoms with Crippen LogP contribution in [0.5, 0.6) is 0 Å². The predicted molar refractivity (Wildman–Crippen MR) is 454 cm³/mol. The van der Waals surface area contributed by atoms with Crippen molar-refractivity contribution in [2.24, 2.45) is 17.8 Å². The minimum atomic E-state index is -0.838. The standard InChI is InChI=1S/C34H42N4O4S.C30H36N4O4.C29H36ClN3O4/c1-19(2)29(38-16-23-10-8-9-11-26(23)32(38)41)33(42)37-17-24(39)15-28(37)31(40)36-20(3)25-13-12-22(14-27(25)34(5,6)7)30-21(4)35-18-43-30;1-18(2)26(34-16-21-8-6-7-9-23(21)28(34)37)29(38)33-17-22(35)13-25(33)27(36)32-15-20-11-10-19(14-31)12-24(20)30(3,4)5;1-17(2)25(33-15-19-8-6-7-9-22(19)27(33)36)28(37)32-16-21(34)13-24(32)26(35)31-14-18-10-11-20(30)12-23(18)29(3,4)5/h8-14,18-20,24,28-29,39H,15-17H2,1-7H3,(H,36,40);6-12,18,22,25-26,35H,13,15-17H2,1-5H3,(H,32,36);6-12,17,21,24-25,34H,13-16H2,1-5H3,(H,31,35). The largest absolute Gasteiger partial charge is 0.391 e. The molecule has 0 aliphatic carbocycles. The van der Waals surface area contributed by atoms with Gasteiger partial charge < -0.3 is 60.7 Å². The van der Waals surface area contributed by atoms with E-state index in [1.165, 1.54) is 14.7 Å². The highest BCUT2D eigenvalue weighted by atomic mass is 35.5. The number of β-amino-alcohol motifs (C(OH)–C–C–N with tert-alkyl or cyclic N) is 3. The van der Waals surface area contributed by atoms with Gasteiger partial charge in [-0.2, -0.15) is 5.26 Å². The van der Waals surface area contributed by atoms with Crippen molar-refractivity contribution in [1.29, 1.82) is 5.26 Å². The Bertz CT molecular complexity index is 5010. The number of benzene rings is 6. The number of aliphatic hydroxyl groups is 3. The molecule has 118 heavy (non-hydrogen) atoms. The first-order valence-electron chi connectivity index (χ1n) is 40.9. The molecule has 3 saturated heterocycles. The summed E-state index contributed by atoms with van der Waals surface area (Å²) in [5, 5.41) is 50.5. The maximum atomic E-state index is 14.1. The smallest absolute Gasteiger partial charge is 0.255 e. The number of hydrogen-bond donors (Lipinski definition) is 6. The van der Waals surface area contributed by atoms with Crippen LogP contribution in [0.2, 0.25) is 5.02 Å². The number of nitrogens with one attached hydrogen (secondary N) is 3. The van der Waals surface area contributed by atoms with Crippen molar-refractivity contribution >= 4 is 76.1 Å². The van der Waals surface area contributed by atoms with E-state index in [2.05, 4.69) is 86.7 Å². The Kier molecular flexibility index (Phi) is 27.2. The molecule has 0 saturated carbocycles.